The van der Waals surface area contributed by atoms with Crippen LogP contribution in [0.1, 0.15) is 12.0 Å². The number of ether oxygens (including phenoxy) is 2. The Labute approximate surface area is 103 Å². The molecule has 3 heteroatoms. The average molecular weight is 235 g/mol. The average Bonchev–Trinajstić information content (AvgIpc) is 2.84. The maximum atomic E-state index is 5.60. The van der Waals surface area contributed by atoms with Crippen molar-refractivity contribution in [1.82, 2.24) is 5.32 Å². The number of hydrogen-bond donors (Lipinski definition) is 1. The Balaban J connectivity index is 1.55. The molecule has 1 unspecified atom stereocenters. The van der Waals surface area contributed by atoms with Crippen LogP contribution in [0, 0.1) is 12.8 Å². The van der Waals surface area contributed by atoms with E-state index in [1.165, 1.54) is 12.0 Å². The van der Waals surface area contributed by atoms with Gasteiger partial charge in [-0.15, -0.1) is 0 Å². The van der Waals surface area contributed by atoms with Crippen LogP contribution >= 0.6 is 0 Å². The minimum absolute atomic E-state index is 0.628. The quantitative estimate of drug-likeness (QED) is 0.765. The molecule has 1 saturated heterocycles. The first kappa shape index (κ1) is 12.4. The first-order valence-corrected chi connectivity index (χ1v) is 6.32. The van der Waals surface area contributed by atoms with Crippen molar-refractivity contribution in [3.8, 4) is 5.75 Å². The summed E-state index contributed by atoms with van der Waals surface area (Å²) in [6, 6.07) is 8.10. The van der Waals surface area contributed by atoms with E-state index in [-0.39, 0.29) is 0 Å². The third kappa shape index (κ3) is 4.36. The Morgan fingerprint density at radius 1 is 1.24 bits per heavy atom. The van der Waals surface area contributed by atoms with Gasteiger partial charge in [-0.2, -0.15) is 0 Å². The lowest BCUT2D eigenvalue weighted by molar-refractivity contribution is 0.0783. The van der Waals surface area contributed by atoms with Gasteiger partial charge in [-0.1, -0.05) is 17.7 Å². The molecule has 17 heavy (non-hydrogen) atoms. The highest BCUT2D eigenvalue weighted by Crippen LogP contribution is 2.11. The smallest absolute Gasteiger partial charge is 0.119 e. The highest BCUT2D eigenvalue weighted by molar-refractivity contribution is 5.26. The van der Waals surface area contributed by atoms with Gasteiger partial charge in [0, 0.05) is 6.54 Å². The molecule has 0 amide bonds. The van der Waals surface area contributed by atoms with Crippen LogP contribution in [0.2, 0.25) is 0 Å². The number of hydrogen-bond acceptors (Lipinski definition) is 3. The van der Waals surface area contributed by atoms with E-state index in [1.54, 1.807) is 0 Å². The van der Waals surface area contributed by atoms with Gasteiger partial charge >= 0.3 is 0 Å². The van der Waals surface area contributed by atoms with E-state index in [0.717, 1.165) is 25.4 Å². The van der Waals surface area contributed by atoms with Crippen LogP contribution in [0.15, 0.2) is 24.3 Å². The Morgan fingerprint density at radius 2 is 2.06 bits per heavy atom. The second-order valence-corrected chi connectivity index (χ2v) is 4.60. The Hall–Kier alpha value is -1.06. The lowest BCUT2D eigenvalue weighted by atomic mass is 10.1. The van der Waals surface area contributed by atoms with Crippen molar-refractivity contribution in [3.63, 3.8) is 0 Å². The number of rotatable bonds is 6. The van der Waals surface area contributed by atoms with E-state index in [4.69, 9.17) is 9.47 Å². The molecule has 1 aromatic rings. The largest absolute Gasteiger partial charge is 0.491 e. The van der Waals surface area contributed by atoms with Gasteiger partial charge < -0.3 is 14.8 Å². The van der Waals surface area contributed by atoms with Crippen LogP contribution in [0.25, 0.3) is 0 Å². The standard InChI is InChI=1S/C14H21NO2/c1-12-2-4-14(5-3-12)17-9-8-16-11-13-6-7-15-10-13/h2-5,13,15H,6-11H2,1H3. The maximum Gasteiger partial charge on any atom is 0.119 e. The van der Waals surface area contributed by atoms with Gasteiger partial charge in [-0.3, -0.25) is 0 Å². The first-order chi connectivity index (χ1) is 8.34. The summed E-state index contributed by atoms with van der Waals surface area (Å²) in [6.07, 6.45) is 1.23. The molecule has 94 valence electrons. The highest BCUT2D eigenvalue weighted by Gasteiger charge is 2.13. The fourth-order valence-corrected chi connectivity index (χ4v) is 1.96. The molecule has 1 fully saturated rings. The molecule has 1 N–H and O–H groups in total. The van der Waals surface area contributed by atoms with Crippen molar-refractivity contribution in [2.75, 3.05) is 32.9 Å². The maximum absolute atomic E-state index is 5.60. The third-order valence-electron chi connectivity index (χ3n) is 3.03. The number of aryl methyl sites for hydroxylation is 1. The number of nitrogens with one attached hydrogen (secondary N) is 1. The molecule has 1 aliphatic rings. The molecule has 1 heterocycles. The Morgan fingerprint density at radius 3 is 2.76 bits per heavy atom. The zero-order valence-electron chi connectivity index (χ0n) is 10.4. The second kappa shape index (κ2) is 6.62. The van der Waals surface area contributed by atoms with Crippen molar-refractivity contribution in [2.24, 2.45) is 5.92 Å². The fraction of sp³-hybridized carbons (Fsp3) is 0.571. The predicted molar refractivity (Wildman–Crippen MR) is 68.5 cm³/mol. The van der Waals surface area contributed by atoms with Gasteiger partial charge in [0.05, 0.1) is 13.2 Å². The summed E-state index contributed by atoms with van der Waals surface area (Å²) in [5, 5.41) is 3.33. The predicted octanol–water partition coefficient (Wildman–Crippen LogP) is 2.00. The normalized spacial score (nSPS) is 19.5. The SMILES string of the molecule is Cc1ccc(OCCOCC2CCNC2)cc1. The zero-order valence-corrected chi connectivity index (χ0v) is 10.4. The molecule has 1 atom stereocenters. The summed E-state index contributed by atoms with van der Waals surface area (Å²) in [7, 11) is 0. The number of benzene rings is 1. The van der Waals surface area contributed by atoms with Gasteiger partial charge in [-0.05, 0) is 37.9 Å². The summed E-state index contributed by atoms with van der Waals surface area (Å²) < 4.78 is 11.2. The summed E-state index contributed by atoms with van der Waals surface area (Å²) in [5.74, 6) is 1.61. The minimum Gasteiger partial charge on any atom is -0.491 e. The van der Waals surface area contributed by atoms with Gasteiger partial charge in [0.2, 0.25) is 0 Å². The molecule has 0 radical (unpaired) electrons. The van der Waals surface area contributed by atoms with E-state index < -0.39 is 0 Å². The molecular weight excluding hydrogens is 214 g/mol. The van der Waals surface area contributed by atoms with Gasteiger partial charge in [-0.25, -0.2) is 0 Å². The topological polar surface area (TPSA) is 30.5 Å². The molecule has 0 bridgehead atoms. The van der Waals surface area contributed by atoms with Crippen molar-refractivity contribution in [3.05, 3.63) is 29.8 Å². The molecule has 0 spiro atoms. The van der Waals surface area contributed by atoms with E-state index >= 15 is 0 Å². The van der Waals surface area contributed by atoms with Crippen molar-refractivity contribution in [1.29, 1.82) is 0 Å². The van der Waals surface area contributed by atoms with E-state index in [9.17, 15) is 0 Å². The summed E-state index contributed by atoms with van der Waals surface area (Å²) in [4.78, 5) is 0. The molecular formula is C14H21NO2. The van der Waals surface area contributed by atoms with Crippen LogP contribution < -0.4 is 10.1 Å². The molecule has 2 rings (SSSR count). The van der Waals surface area contributed by atoms with Crippen LogP contribution in [0.5, 0.6) is 5.75 Å². The molecule has 0 saturated carbocycles. The molecule has 1 aromatic carbocycles. The van der Waals surface area contributed by atoms with Crippen LogP contribution in [-0.2, 0) is 4.74 Å². The first-order valence-electron chi connectivity index (χ1n) is 6.32. The summed E-state index contributed by atoms with van der Waals surface area (Å²) in [6.45, 7) is 6.45. The van der Waals surface area contributed by atoms with E-state index in [0.29, 0.717) is 19.1 Å². The summed E-state index contributed by atoms with van der Waals surface area (Å²) >= 11 is 0. The van der Waals surface area contributed by atoms with Gasteiger partial charge in [0.15, 0.2) is 0 Å². The van der Waals surface area contributed by atoms with Crippen molar-refractivity contribution >= 4 is 0 Å². The highest BCUT2D eigenvalue weighted by atomic mass is 16.5. The van der Waals surface area contributed by atoms with Crippen molar-refractivity contribution < 1.29 is 9.47 Å². The monoisotopic (exact) mass is 235 g/mol. The molecule has 3 nitrogen and oxygen atoms in total. The zero-order chi connectivity index (χ0) is 11.9. The van der Waals surface area contributed by atoms with Gasteiger partial charge in [0.1, 0.15) is 12.4 Å². The fourth-order valence-electron chi connectivity index (χ4n) is 1.96. The van der Waals surface area contributed by atoms with Crippen LogP contribution in [0.4, 0.5) is 0 Å². The third-order valence-corrected chi connectivity index (χ3v) is 3.03. The molecule has 0 aliphatic carbocycles. The van der Waals surface area contributed by atoms with Gasteiger partial charge in [0.25, 0.3) is 0 Å². The Bertz CT molecular complexity index is 317. The lowest BCUT2D eigenvalue weighted by Gasteiger charge is -2.10. The minimum atomic E-state index is 0.628. The van der Waals surface area contributed by atoms with E-state index in [1.807, 2.05) is 12.1 Å². The lowest BCUT2D eigenvalue weighted by Crippen LogP contribution is -2.16. The molecule has 1 aliphatic heterocycles. The Kier molecular flexibility index (Phi) is 4.83. The summed E-state index contributed by atoms with van der Waals surface area (Å²) in [5.41, 5.74) is 1.25. The second-order valence-electron chi connectivity index (χ2n) is 4.60. The van der Waals surface area contributed by atoms with Crippen LogP contribution in [0.3, 0.4) is 0 Å². The van der Waals surface area contributed by atoms with E-state index in [2.05, 4.69) is 24.4 Å². The van der Waals surface area contributed by atoms with Crippen molar-refractivity contribution in [2.45, 2.75) is 13.3 Å². The van der Waals surface area contributed by atoms with Crippen LogP contribution in [-0.4, -0.2) is 32.9 Å². The molecule has 0 aromatic heterocycles.